The molecule has 2 aliphatic rings. The molecular formula is C21H32O. The van der Waals surface area contributed by atoms with E-state index >= 15 is 0 Å². The monoisotopic (exact) mass is 300 g/mol. The fourth-order valence-electron chi connectivity index (χ4n) is 4.94. The van der Waals surface area contributed by atoms with Crippen molar-refractivity contribution in [1.82, 2.24) is 0 Å². The van der Waals surface area contributed by atoms with E-state index in [0.717, 1.165) is 24.2 Å². The van der Waals surface area contributed by atoms with Gasteiger partial charge in [0.05, 0.1) is 0 Å². The molecule has 22 heavy (non-hydrogen) atoms. The second kappa shape index (κ2) is 7.53. The zero-order chi connectivity index (χ0) is 15.4. The lowest BCUT2D eigenvalue weighted by atomic mass is 9.73. The van der Waals surface area contributed by atoms with Crippen LogP contribution in [0.2, 0.25) is 0 Å². The predicted molar refractivity (Wildman–Crippen MR) is 93.2 cm³/mol. The van der Waals surface area contributed by atoms with Crippen molar-refractivity contribution in [3.63, 3.8) is 0 Å². The van der Waals surface area contributed by atoms with Crippen LogP contribution < -0.4 is 0 Å². The zero-order valence-electron chi connectivity index (χ0n) is 14.2. The van der Waals surface area contributed by atoms with Crippen molar-refractivity contribution >= 4 is 0 Å². The summed E-state index contributed by atoms with van der Waals surface area (Å²) in [6.45, 7) is 2.29. The Balaban J connectivity index is 1.51. The molecule has 1 unspecified atom stereocenters. The van der Waals surface area contributed by atoms with E-state index in [1.165, 1.54) is 75.3 Å². The maximum absolute atomic E-state index is 10.1. The molecular weight excluding hydrogens is 268 g/mol. The van der Waals surface area contributed by atoms with E-state index in [0.29, 0.717) is 5.75 Å². The molecule has 0 spiro atoms. The average molecular weight is 300 g/mol. The van der Waals surface area contributed by atoms with E-state index in [4.69, 9.17) is 0 Å². The molecule has 0 saturated heterocycles. The molecule has 1 heteroatoms. The Morgan fingerprint density at radius 3 is 2.68 bits per heavy atom. The van der Waals surface area contributed by atoms with E-state index in [1.807, 2.05) is 12.1 Å². The number of aromatic hydroxyl groups is 1. The van der Waals surface area contributed by atoms with Gasteiger partial charge in [-0.15, -0.1) is 0 Å². The molecule has 0 aromatic heterocycles. The van der Waals surface area contributed by atoms with Gasteiger partial charge in [-0.1, -0.05) is 64.0 Å². The van der Waals surface area contributed by atoms with Crippen molar-refractivity contribution in [3.05, 3.63) is 29.3 Å². The van der Waals surface area contributed by atoms with Gasteiger partial charge in [-0.25, -0.2) is 0 Å². The van der Waals surface area contributed by atoms with Crippen molar-refractivity contribution in [1.29, 1.82) is 0 Å². The molecule has 1 aromatic carbocycles. The van der Waals surface area contributed by atoms with Crippen molar-refractivity contribution in [2.24, 2.45) is 17.8 Å². The highest BCUT2D eigenvalue weighted by atomic mass is 16.3. The van der Waals surface area contributed by atoms with Crippen LogP contribution in [0.3, 0.4) is 0 Å². The molecule has 1 fully saturated rings. The molecule has 1 aromatic rings. The summed E-state index contributed by atoms with van der Waals surface area (Å²) in [5, 5.41) is 10.1. The van der Waals surface area contributed by atoms with Gasteiger partial charge in [-0.3, -0.25) is 0 Å². The SMILES string of the molecule is CCCCCCCC[C@H]1CCC2Cc3c(O)cccc3C[C@@H]21. The summed E-state index contributed by atoms with van der Waals surface area (Å²) in [6.07, 6.45) is 15.1. The van der Waals surface area contributed by atoms with E-state index in [-0.39, 0.29) is 0 Å². The summed E-state index contributed by atoms with van der Waals surface area (Å²) < 4.78 is 0. The lowest BCUT2D eigenvalue weighted by Crippen LogP contribution is -2.25. The fraction of sp³-hybridized carbons (Fsp3) is 0.714. The molecule has 2 aliphatic carbocycles. The Hall–Kier alpha value is -0.980. The molecule has 1 saturated carbocycles. The van der Waals surface area contributed by atoms with Gasteiger partial charge >= 0.3 is 0 Å². The predicted octanol–water partition coefficient (Wildman–Crippen LogP) is 5.88. The van der Waals surface area contributed by atoms with Gasteiger partial charge in [0, 0.05) is 0 Å². The minimum absolute atomic E-state index is 0.537. The Morgan fingerprint density at radius 1 is 1.00 bits per heavy atom. The highest BCUT2D eigenvalue weighted by Gasteiger charge is 2.39. The Morgan fingerprint density at radius 2 is 1.82 bits per heavy atom. The summed E-state index contributed by atoms with van der Waals surface area (Å²) in [6, 6.07) is 6.12. The third-order valence-electron chi connectivity index (χ3n) is 6.22. The topological polar surface area (TPSA) is 20.2 Å². The van der Waals surface area contributed by atoms with Crippen LogP contribution in [0.1, 0.15) is 75.8 Å². The number of hydrogen-bond acceptors (Lipinski definition) is 1. The highest BCUT2D eigenvalue weighted by Crippen LogP contribution is 2.48. The number of benzene rings is 1. The quantitative estimate of drug-likeness (QED) is 0.623. The second-order valence-electron chi connectivity index (χ2n) is 7.64. The number of phenolic OH excluding ortho intramolecular Hbond substituents is 1. The summed E-state index contributed by atoms with van der Waals surface area (Å²) in [5.74, 6) is 3.22. The molecule has 3 rings (SSSR count). The molecule has 0 amide bonds. The van der Waals surface area contributed by atoms with Crippen molar-refractivity contribution in [2.75, 3.05) is 0 Å². The van der Waals surface area contributed by atoms with Gasteiger partial charge < -0.3 is 5.11 Å². The number of phenols is 1. The number of hydrogen-bond donors (Lipinski definition) is 1. The molecule has 0 aliphatic heterocycles. The van der Waals surface area contributed by atoms with Crippen LogP contribution in [0.15, 0.2) is 18.2 Å². The van der Waals surface area contributed by atoms with Gasteiger partial charge in [0.15, 0.2) is 0 Å². The Kier molecular flexibility index (Phi) is 5.44. The summed E-state index contributed by atoms with van der Waals surface area (Å²) in [4.78, 5) is 0. The number of fused-ring (bicyclic) bond motifs is 2. The summed E-state index contributed by atoms with van der Waals surface area (Å²) >= 11 is 0. The minimum atomic E-state index is 0.537. The minimum Gasteiger partial charge on any atom is -0.508 e. The van der Waals surface area contributed by atoms with Gasteiger partial charge in [0.1, 0.15) is 5.75 Å². The Bertz CT molecular complexity index is 479. The van der Waals surface area contributed by atoms with Crippen LogP contribution in [-0.2, 0) is 12.8 Å². The maximum atomic E-state index is 10.1. The normalized spacial score (nSPS) is 26.7. The van der Waals surface area contributed by atoms with E-state index in [9.17, 15) is 5.11 Å². The van der Waals surface area contributed by atoms with Gasteiger partial charge in [-0.2, -0.15) is 0 Å². The third kappa shape index (κ3) is 3.50. The first-order chi connectivity index (χ1) is 10.8. The second-order valence-corrected chi connectivity index (χ2v) is 7.64. The average Bonchev–Trinajstić information content (AvgIpc) is 2.92. The van der Waals surface area contributed by atoms with E-state index in [2.05, 4.69) is 13.0 Å². The molecule has 1 nitrogen and oxygen atoms in total. The molecule has 1 N–H and O–H groups in total. The first-order valence-corrected chi connectivity index (χ1v) is 9.59. The largest absolute Gasteiger partial charge is 0.508 e. The number of unbranched alkanes of at least 4 members (excludes halogenated alkanes) is 5. The van der Waals surface area contributed by atoms with Crippen LogP contribution in [0, 0.1) is 17.8 Å². The van der Waals surface area contributed by atoms with Crippen LogP contribution in [-0.4, -0.2) is 5.11 Å². The third-order valence-corrected chi connectivity index (χ3v) is 6.22. The summed E-state index contributed by atoms with van der Waals surface area (Å²) in [5.41, 5.74) is 2.68. The van der Waals surface area contributed by atoms with Crippen LogP contribution in [0.25, 0.3) is 0 Å². The Labute approximate surface area is 136 Å². The van der Waals surface area contributed by atoms with E-state index in [1.54, 1.807) is 0 Å². The van der Waals surface area contributed by atoms with E-state index < -0.39 is 0 Å². The fourth-order valence-corrected chi connectivity index (χ4v) is 4.94. The van der Waals surface area contributed by atoms with Crippen LogP contribution >= 0.6 is 0 Å². The van der Waals surface area contributed by atoms with Crippen molar-refractivity contribution < 1.29 is 5.11 Å². The molecule has 0 bridgehead atoms. The van der Waals surface area contributed by atoms with Crippen LogP contribution in [0.5, 0.6) is 5.75 Å². The standard InChI is InChI=1S/C21H32O/c1-2-3-4-5-6-7-9-16-12-13-18-15-20-17(14-19(16)18)10-8-11-21(20)22/h8,10-11,16,18-19,22H,2-7,9,12-15H2,1H3/t16-,18?,19+/m0/s1. The first kappa shape index (κ1) is 15.9. The number of rotatable bonds is 7. The highest BCUT2D eigenvalue weighted by molar-refractivity contribution is 5.41. The van der Waals surface area contributed by atoms with Crippen molar-refractivity contribution in [2.45, 2.75) is 77.6 Å². The van der Waals surface area contributed by atoms with Crippen LogP contribution in [0.4, 0.5) is 0 Å². The van der Waals surface area contributed by atoms with Gasteiger partial charge in [-0.05, 0) is 60.6 Å². The summed E-state index contributed by atoms with van der Waals surface area (Å²) in [7, 11) is 0. The lowest BCUT2D eigenvalue weighted by Gasteiger charge is -2.31. The van der Waals surface area contributed by atoms with Gasteiger partial charge in [0.25, 0.3) is 0 Å². The maximum Gasteiger partial charge on any atom is 0.119 e. The molecule has 0 heterocycles. The van der Waals surface area contributed by atoms with Gasteiger partial charge in [0.2, 0.25) is 0 Å². The smallest absolute Gasteiger partial charge is 0.119 e. The first-order valence-electron chi connectivity index (χ1n) is 9.59. The van der Waals surface area contributed by atoms with Crippen molar-refractivity contribution in [3.8, 4) is 5.75 Å². The molecule has 122 valence electrons. The zero-order valence-corrected chi connectivity index (χ0v) is 14.2. The molecule has 0 radical (unpaired) electrons. The lowest BCUT2D eigenvalue weighted by molar-refractivity contribution is 0.270. The molecule has 3 atom stereocenters.